The van der Waals surface area contributed by atoms with Gasteiger partial charge in [0.25, 0.3) is 11.1 Å². The van der Waals surface area contributed by atoms with Gasteiger partial charge in [-0.1, -0.05) is 55.3 Å². The molecule has 2 aromatic rings. The van der Waals surface area contributed by atoms with Crippen molar-refractivity contribution < 1.29 is 23.9 Å². The number of hydrogen-bond acceptors (Lipinski definition) is 6. The van der Waals surface area contributed by atoms with E-state index >= 15 is 0 Å². The first kappa shape index (κ1) is 22.9. The summed E-state index contributed by atoms with van der Waals surface area (Å²) in [7, 11) is 0. The van der Waals surface area contributed by atoms with Crippen molar-refractivity contribution in [3.63, 3.8) is 0 Å². The van der Waals surface area contributed by atoms with Gasteiger partial charge in [-0.2, -0.15) is 0 Å². The summed E-state index contributed by atoms with van der Waals surface area (Å²) in [6.07, 6.45) is 3.25. The molecule has 1 heterocycles. The van der Waals surface area contributed by atoms with Crippen molar-refractivity contribution in [2.45, 2.75) is 26.4 Å². The van der Waals surface area contributed by atoms with E-state index in [0.29, 0.717) is 17.4 Å². The maximum atomic E-state index is 12.5. The number of carbonyl (C=O) groups is 3. The molecule has 0 bridgehead atoms. The normalized spacial score (nSPS) is 14.9. The van der Waals surface area contributed by atoms with Crippen molar-refractivity contribution in [1.82, 2.24) is 4.90 Å². The first-order valence-corrected chi connectivity index (χ1v) is 11.0. The molecule has 0 aromatic heterocycles. The molecule has 31 heavy (non-hydrogen) atoms. The Morgan fingerprint density at radius 3 is 2.58 bits per heavy atom. The highest BCUT2D eigenvalue weighted by Crippen LogP contribution is 2.32. The summed E-state index contributed by atoms with van der Waals surface area (Å²) < 4.78 is 10.8. The molecule has 0 spiro atoms. The van der Waals surface area contributed by atoms with Crippen molar-refractivity contribution in [3.8, 4) is 5.75 Å². The van der Waals surface area contributed by atoms with E-state index in [9.17, 15) is 14.4 Å². The topological polar surface area (TPSA) is 72.9 Å². The predicted molar refractivity (Wildman–Crippen MR) is 121 cm³/mol. The number of unbranched alkanes of at least 4 members (excludes halogenated alkanes) is 1. The third-order valence-corrected chi connectivity index (χ3v) is 5.73. The van der Waals surface area contributed by atoms with Crippen LogP contribution < -0.4 is 4.74 Å². The van der Waals surface area contributed by atoms with E-state index in [1.54, 1.807) is 36.4 Å². The van der Waals surface area contributed by atoms with E-state index in [-0.39, 0.29) is 18.1 Å². The van der Waals surface area contributed by atoms with Crippen LogP contribution in [0.5, 0.6) is 5.75 Å². The molecule has 162 valence electrons. The van der Waals surface area contributed by atoms with Crippen LogP contribution in [0, 0.1) is 0 Å². The molecule has 0 saturated carbocycles. The molecule has 0 aliphatic carbocycles. The largest absolute Gasteiger partial charge is 0.489 e. The number of nitrogens with zero attached hydrogens (tertiary/aromatic N) is 1. The van der Waals surface area contributed by atoms with Crippen LogP contribution in [0.1, 0.15) is 30.9 Å². The lowest BCUT2D eigenvalue weighted by Gasteiger charge is -2.11. The number of benzene rings is 2. The fourth-order valence-corrected chi connectivity index (χ4v) is 3.76. The van der Waals surface area contributed by atoms with E-state index in [0.717, 1.165) is 40.6 Å². The van der Waals surface area contributed by atoms with Crippen LogP contribution in [0.4, 0.5) is 4.79 Å². The van der Waals surface area contributed by atoms with E-state index in [2.05, 4.69) is 0 Å². The molecule has 1 fully saturated rings. The van der Waals surface area contributed by atoms with Gasteiger partial charge >= 0.3 is 5.97 Å². The number of carbonyl (C=O) groups excluding carboxylic acids is 3. The minimum atomic E-state index is -0.586. The maximum absolute atomic E-state index is 12.5. The second kappa shape index (κ2) is 11.0. The van der Waals surface area contributed by atoms with Gasteiger partial charge in [0, 0.05) is 10.6 Å². The summed E-state index contributed by atoms with van der Waals surface area (Å²) in [6, 6.07) is 14.6. The Bertz CT molecular complexity index is 990. The Morgan fingerprint density at radius 1 is 1.13 bits per heavy atom. The van der Waals surface area contributed by atoms with Crippen LogP contribution in [-0.4, -0.2) is 35.2 Å². The van der Waals surface area contributed by atoms with Crippen LogP contribution >= 0.6 is 23.4 Å². The molecule has 1 aliphatic rings. The summed E-state index contributed by atoms with van der Waals surface area (Å²) in [6.45, 7) is 2.23. The van der Waals surface area contributed by atoms with Gasteiger partial charge in [0.15, 0.2) is 0 Å². The minimum absolute atomic E-state index is 0.260. The molecule has 3 rings (SSSR count). The predicted octanol–water partition coefficient (Wildman–Crippen LogP) is 5.30. The monoisotopic (exact) mass is 459 g/mol. The van der Waals surface area contributed by atoms with E-state index in [4.69, 9.17) is 21.1 Å². The van der Waals surface area contributed by atoms with Crippen LogP contribution in [0.25, 0.3) is 6.08 Å². The second-order valence-corrected chi connectivity index (χ2v) is 8.19. The molecule has 0 atom stereocenters. The Hall–Kier alpha value is -2.77. The Morgan fingerprint density at radius 2 is 1.87 bits per heavy atom. The highest BCUT2D eigenvalue weighted by molar-refractivity contribution is 8.18. The molecular weight excluding hydrogens is 438 g/mol. The van der Waals surface area contributed by atoms with Gasteiger partial charge in [0.05, 0.1) is 11.5 Å². The standard InChI is InChI=1S/C23H22ClNO5S/c1-2-3-12-29-21(26)14-25-22(27)20(31-23(25)28)13-16-8-10-18(11-9-16)30-15-17-6-4-5-7-19(17)24/h4-11,13H,2-3,12,14-15H2,1H3/b20-13+. The number of esters is 1. The van der Waals surface area contributed by atoms with Gasteiger partial charge in [-0.15, -0.1) is 0 Å². The minimum Gasteiger partial charge on any atom is -0.489 e. The Kier molecular flexibility index (Phi) is 8.14. The van der Waals surface area contributed by atoms with Crippen LogP contribution in [0.15, 0.2) is 53.4 Å². The first-order chi connectivity index (χ1) is 15.0. The third kappa shape index (κ3) is 6.35. The fourth-order valence-electron chi connectivity index (χ4n) is 2.73. The smallest absolute Gasteiger partial charge is 0.326 e. The molecule has 0 radical (unpaired) electrons. The van der Waals surface area contributed by atoms with Crippen molar-refractivity contribution in [2.75, 3.05) is 13.2 Å². The summed E-state index contributed by atoms with van der Waals surface area (Å²) >= 11 is 6.93. The third-order valence-electron chi connectivity index (χ3n) is 4.45. The maximum Gasteiger partial charge on any atom is 0.326 e. The highest BCUT2D eigenvalue weighted by Gasteiger charge is 2.36. The van der Waals surface area contributed by atoms with Gasteiger partial charge in [-0.05, 0) is 48.0 Å². The number of imide groups is 1. The molecule has 2 amide bonds. The summed E-state index contributed by atoms with van der Waals surface area (Å²) in [5, 5.41) is 0.160. The lowest BCUT2D eigenvalue weighted by Crippen LogP contribution is -2.34. The number of amides is 2. The van der Waals surface area contributed by atoms with Crippen LogP contribution in [0.3, 0.4) is 0 Å². The van der Waals surface area contributed by atoms with E-state index in [1.165, 1.54) is 0 Å². The summed E-state index contributed by atoms with van der Waals surface area (Å²) in [5.41, 5.74) is 1.62. The average Bonchev–Trinajstić information content (AvgIpc) is 3.02. The van der Waals surface area contributed by atoms with Gasteiger partial charge < -0.3 is 9.47 Å². The number of rotatable bonds is 9. The fraction of sp³-hybridized carbons (Fsp3) is 0.261. The van der Waals surface area contributed by atoms with Crippen LogP contribution in [-0.2, 0) is 20.9 Å². The lowest BCUT2D eigenvalue weighted by molar-refractivity contribution is -0.146. The van der Waals surface area contributed by atoms with E-state index < -0.39 is 17.1 Å². The molecule has 6 nitrogen and oxygen atoms in total. The number of hydrogen-bond donors (Lipinski definition) is 0. The molecule has 1 saturated heterocycles. The molecular formula is C23H22ClNO5S. The Balaban J connectivity index is 1.58. The molecule has 0 unspecified atom stereocenters. The zero-order valence-electron chi connectivity index (χ0n) is 17.0. The van der Waals surface area contributed by atoms with Crippen molar-refractivity contribution in [1.29, 1.82) is 0 Å². The van der Waals surface area contributed by atoms with Crippen LogP contribution in [0.2, 0.25) is 5.02 Å². The Labute approximate surface area is 190 Å². The molecule has 8 heteroatoms. The molecule has 1 aliphatic heterocycles. The SMILES string of the molecule is CCCCOC(=O)CN1C(=O)S/C(=C/c2ccc(OCc3ccccc3Cl)cc2)C1=O. The number of thioether (sulfide) groups is 1. The highest BCUT2D eigenvalue weighted by atomic mass is 35.5. The van der Waals surface area contributed by atoms with Gasteiger partial charge in [-0.25, -0.2) is 0 Å². The van der Waals surface area contributed by atoms with Crippen molar-refractivity contribution >= 4 is 46.6 Å². The van der Waals surface area contributed by atoms with E-state index in [1.807, 2.05) is 25.1 Å². The number of halogens is 1. The summed E-state index contributed by atoms with van der Waals surface area (Å²) in [5.74, 6) is -0.432. The van der Waals surface area contributed by atoms with Gasteiger partial charge in [-0.3, -0.25) is 19.3 Å². The second-order valence-electron chi connectivity index (χ2n) is 6.79. The molecule has 0 N–H and O–H groups in total. The quantitative estimate of drug-likeness (QED) is 0.288. The van der Waals surface area contributed by atoms with Crippen molar-refractivity contribution in [3.05, 3.63) is 69.6 Å². The number of ether oxygens (including phenoxy) is 2. The zero-order valence-corrected chi connectivity index (χ0v) is 18.6. The average molecular weight is 460 g/mol. The van der Waals surface area contributed by atoms with Gasteiger partial charge in [0.1, 0.15) is 18.9 Å². The summed E-state index contributed by atoms with van der Waals surface area (Å²) in [4.78, 5) is 37.7. The lowest BCUT2D eigenvalue weighted by atomic mass is 10.2. The molecule has 2 aromatic carbocycles. The first-order valence-electron chi connectivity index (χ1n) is 9.85. The van der Waals surface area contributed by atoms with Crippen molar-refractivity contribution in [2.24, 2.45) is 0 Å². The van der Waals surface area contributed by atoms with Gasteiger partial charge in [0.2, 0.25) is 0 Å². The zero-order chi connectivity index (χ0) is 22.2.